The third-order valence-electron chi connectivity index (χ3n) is 5.63. The predicted molar refractivity (Wildman–Crippen MR) is 112 cm³/mol. The fourth-order valence-corrected chi connectivity index (χ4v) is 4.20. The first-order valence-corrected chi connectivity index (χ1v) is 10.6. The lowest BCUT2D eigenvalue weighted by atomic mass is 9.86. The Bertz CT molecular complexity index is 857. The van der Waals surface area contributed by atoms with E-state index in [0.29, 0.717) is 32.6 Å². The quantitative estimate of drug-likeness (QED) is 0.719. The smallest absolute Gasteiger partial charge is 0.475 e. The van der Waals surface area contributed by atoms with Crippen LogP contribution in [-0.2, 0) is 16.1 Å². The van der Waals surface area contributed by atoms with Crippen molar-refractivity contribution in [3.05, 3.63) is 23.7 Å². The Kier molecular flexibility index (Phi) is 8.39. The number of rotatable bonds is 3. The Balaban J connectivity index is 0.000000479. The second-order valence-corrected chi connectivity index (χ2v) is 8.71. The van der Waals surface area contributed by atoms with Crippen LogP contribution in [0, 0.1) is 12.3 Å². The number of aryl methyl sites for hydroxylation is 1. The number of carbonyl (C=O) groups is 3. The first-order chi connectivity index (χ1) is 15.3. The molecule has 1 aromatic rings. The first-order valence-electron chi connectivity index (χ1n) is 10.6. The number of alkyl halides is 3. The van der Waals surface area contributed by atoms with Crippen LogP contribution < -0.4 is 0 Å². The number of halogens is 3. The van der Waals surface area contributed by atoms with E-state index in [0.717, 1.165) is 31.2 Å². The third-order valence-corrected chi connectivity index (χ3v) is 5.63. The molecule has 1 unspecified atom stereocenters. The summed E-state index contributed by atoms with van der Waals surface area (Å²) in [5.74, 6) is -0.725. The van der Waals surface area contributed by atoms with Gasteiger partial charge in [-0.1, -0.05) is 0 Å². The van der Waals surface area contributed by atoms with Gasteiger partial charge in [0.05, 0.1) is 6.54 Å². The maximum atomic E-state index is 12.6. The predicted octanol–water partition coefficient (Wildman–Crippen LogP) is 2.26. The van der Waals surface area contributed by atoms with Crippen molar-refractivity contribution >= 4 is 17.9 Å². The van der Waals surface area contributed by atoms with E-state index in [-0.39, 0.29) is 17.4 Å². The number of likely N-dealkylation sites (tertiary alicyclic amines) is 1. The Morgan fingerprint density at radius 1 is 1.18 bits per heavy atom. The molecule has 3 amide bonds. The fraction of sp³-hybridized carbons (Fsp3) is 0.667. The van der Waals surface area contributed by atoms with Crippen LogP contribution in [-0.4, -0.2) is 102 Å². The summed E-state index contributed by atoms with van der Waals surface area (Å²) in [4.78, 5) is 41.7. The SMILES string of the molecule is CCN1CC2(CC1=O)CN(Cc1ccc(C)o1)CCN(C(=O)N(C)C)C2.O=C(O)C(F)(F)F. The number of carboxylic acids is 1. The van der Waals surface area contributed by atoms with Crippen molar-refractivity contribution < 1.29 is 37.1 Å². The minimum Gasteiger partial charge on any atom is -0.475 e. The molecule has 3 heterocycles. The van der Waals surface area contributed by atoms with Gasteiger partial charge in [-0.25, -0.2) is 9.59 Å². The van der Waals surface area contributed by atoms with Gasteiger partial charge in [0.2, 0.25) is 5.91 Å². The van der Waals surface area contributed by atoms with E-state index in [4.69, 9.17) is 14.3 Å². The van der Waals surface area contributed by atoms with E-state index >= 15 is 0 Å². The van der Waals surface area contributed by atoms with Crippen molar-refractivity contribution in [3.8, 4) is 0 Å². The molecule has 0 aliphatic carbocycles. The molecule has 0 saturated carbocycles. The minimum atomic E-state index is -5.08. The van der Waals surface area contributed by atoms with Gasteiger partial charge in [-0.05, 0) is 26.0 Å². The zero-order valence-electron chi connectivity index (χ0n) is 19.3. The molecule has 33 heavy (non-hydrogen) atoms. The van der Waals surface area contributed by atoms with Crippen LogP contribution in [0.4, 0.5) is 18.0 Å². The van der Waals surface area contributed by atoms with Crippen LogP contribution in [0.25, 0.3) is 0 Å². The maximum absolute atomic E-state index is 12.6. The Hall–Kier alpha value is -2.76. The summed E-state index contributed by atoms with van der Waals surface area (Å²) in [6.45, 7) is 8.97. The maximum Gasteiger partial charge on any atom is 0.490 e. The van der Waals surface area contributed by atoms with Crippen LogP contribution in [0.2, 0.25) is 0 Å². The Morgan fingerprint density at radius 3 is 2.27 bits per heavy atom. The van der Waals surface area contributed by atoms with Gasteiger partial charge < -0.3 is 24.2 Å². The van der Waals surface area contributed by atoms with E-state index < -0.39 is 12.1 Å². The zero-order chi connectivity index (χ0) is 25.0. The molecule has 9 nitrogen and oxygen atoms in total. The molecule has 1 aromatic heterocycles. The number of urea groups is 1. The van der Waals surface area contributed by atoms with E-state index in [1.165, 1.54) is 0 Å². The lowest BCUT2D eigenvalue weighted by Crippen LogP contribution is -2.47. The van der Waals surface area contributed by atoms with E-state index in [1.807, 2.05) is 35.8 Å². The molecule has 2 aliphatic heterocycles. The van der Waals surface area contributed by atoms with Crippen LogP contribution in [0.15, 0.2) is 16.5 Å². The van der Waals surface area contributed by atoms with Crippen LogP contribution in [0.1, 0.15) is 24.9 Å². The van der Waals surface area contributed by atoms with Crippen LogP contribution >= 0.6 is 0 Å². The van der Waals surface area contributed by atoms with Crippen LogP contribution in [0.5, 0.6) is 0 Å². The lowest BCUT2D eigenvalue weighted by Gasteiger charge is -2.34. The largest absolute Gasteiger partial charge is 0.490 e. The second-order valence-electron chi connectivity index (χ2n) is 8.71. The van der Waals surface area contributed by atoms with Crippen molar-refractivity contribution in [2.24, 2.45) is 5.41 Å². The van der Waals surface area contributed by atoms with Gasteiger partial charge in [-0.3, -0.25) is 9.69 Å². The summed E-state index contributed by atoms with van der Waals surface area (Å²) in [5.41, 5.74) is -0.211. The van der Waals surface area contributed by atoms with E-state index in [2.05, 4.69) is 4.90 Å². The fourth-order valence-electron chi connectivity index (χ4n) is 4.20. The number of carboxylic acid groups (broad SMARTS) is 1. The van der Waals surface area contributed by atoms with Crippen molar-refractivity contribution in [2.75, 3.05) is 53.4 Å². The monoisotopic (exact) mass is 476 g/mol. The molecule has 1 N–H and O–H groups in total. The summed E-state index contributed by atoms with van der Waals surface area (Å²) in [5, 5.41) is 7.12. The van der Waals surface area contributed by atoms with Crippen molar-refractivity contribution in [3.63, 3.8) is 0 Å². The van der Waals surface area contributed by atoms with E-state index in [1.54, 1.807) is 19.0 Å². The second kappa shape index (κ2) is 10.4. The molecule has 2 saturated heterocycles. The molecule has 12 heteroatoms. The van der Waals surface area contributed by atoms with Crippen molar-refractivity contribution in [1.82, 2.24) is 19.6 Å². The van der Waals surface area contributed by atoms with E-state index in [9.17, 15) is 22.8 Å². The molecule has 3 rings (SSSR count). The van der Waals surface area contributed by atoms with Gasteiger partial charge >= 0.3 is 18.2 Å². The third kappa shape index (κ3) is 7.11. The van der Waals surface area contributed by atoms with Gasteiger partial charge in [0.15, 0.2) is 0 Å². The molecule has 1 spiro atoms. The highest BCUT2D eigenvalue weighted by Crippen LogP contribution is 2.35. The molecule has 0 aromatic carbocycles. The Labute approximate surface area is 190 Å². The summed E-state index contributed by atoms with van der Waals surface area (Å²) in [7, 11) is 3.56. The number of nitrogens with zero attached hydrogens (tertiary/aromatic N) is 4. The summed E-state index contributed by atoms with van der Waals surface area (Å²) >= 11 is 0. The average molecular weight is 476 g/mol. The van der Waals surface area contributed by atoms with Crippen molar-refractivity contribution in [1.29, 1.82) is 0 Å². The zero-order valence-corrected chi connectivity index (χ0v) is 19.3. The summed E-state index contributed by atoms with van der Waals surface area (Å²) in [6.07, 6.45) is -4.58. The molecule has 186 valence electrons. The first kappa shape index (κ1) is 26.5. The highest BCUT2D eigenvalue weighted by Gasteiger charge is 2.47. The molecular formula is C21H31F3N4O5. The molecule has 2 aliphatic rings. The molecule has 2 fully saturated rings. The average Bonchev–Trinajstić information content (AvgIpc) is 3.19. The topological polar surface area (TPSA) is 97.5 Å². The van der Waals surface area contributed by atoms with Crippen molar-refractivity contribution in [2.45, 2.75) is 33.0 Å². The molecule has 1 atom stereocenters. The molecular weight excluding hydrogens is 445 g/mol. The number of hydrogen-bond donors (Lipinski definition) is 1. The summed E-state index contributed by atoms with van der Waals surface area (Å²) < 4.78 is 37.5. The Morgan fingerprint density at radius 2 is 1.82 bits per heavy atom. The van der Waals surface area contributed by atoms with Gasteiger partial charge in [-0.2, -0.15) is 13.2 Å². The standard InChI is InChI=1S/C19H30N4O3.C2HF3O2/c1-5-22-13-19(10-17(22)24)12-21(11-16-7-6-15(2)26-16)8-9-23(14-19)18(25)20(3)4;3-2(4,5)1(6)7/h6-7H,5,8-14H2,1-4H3;(H,6,7). The summed E-state index contributed by atoms with van der Waals surface area (Å²) in [6, 6.07) is 4.00. The van der Waals surface area contributed by atoms with Gasteiger partial charge in [0, 0.05) is 65.2 Å². The highest BCUT2D eigenvalue weighted by molar-refractivity contribution is 5.80. The van der Waals surface area contributed by atoms with Gasteiger partial charge in [-0.15, -0.1) is 0 Å². The normalized spacial score (nSPS) is 21.6. The molecule has 0 bridgehead atoms. The highest BCUT2D eigenvalue weighted by atomic mass is 19.4. The van der Waals surface area contributed by atoms with Gasteiger partial charge in [0.25, 0.3) is 0 Å². The van der Waals surface area contributed by atoms with Gasteiger partial charge in [0.1, 0.15) is 11.5 Å². The number of hydrogen-bond acceptors (Lipinski definition) is 5. The lowest BCUT2D eigenvalue weighted by molar-refractivity contribution is -0.192. The minimum absolute atomic E-state index is 0.0162. The number of carbonyl (C=O) groups excluding carboxylic acids is 2. The van der Waals surface area contributed by atoms with Crippen LogP contribution in [0.3, 0.4) is 0 Å². The number of amides is 3. The number of aliphatic carboxylic acids is 1. The number of furan rings is 1. The molecule has 0 radical (unpaired) electrons.